The molecule has 0 unspecified atom stereocenters. The Bertz CT molecular complexity index is 2430. The van der Waals surface area contributed by atoms with Crippen LogP contribution in [0.15, 0.2) is 72.8 Å². The van der Waals surface area contributed by atoms with Crippen molar-refractivity contribution in [1.82, 2.24) is 35.3 Å². The lowest BCUT2D eigenvalue weighted by Crippen LogP contribution is -2.33. The monoisotopic (exact) mass is 738 g/mol. The maximum Gasteiger partial charge on any atom is 0.262 e. The van der Waals surface area contributed by atoms with Gasteiger partial charge in [-0.2, -0.15) is 0 Å². The highest BCUT2D eigenvalue weighted by Gasteiger charge is 2.39. The van der Waals surface area contributed by atoms with Gasteiger partial charge in [0, 0.05) is 22.4 Å². The molecule has 2 atom stereocenters. The molecule has 1 aliphatic heterocycles. The number of pyridine rings is 2. The first kappa shape index (κ1) is 33.8. The quantitative estimate of drug-likeness (QED) is 0.172. The first-order chi connectivity index (χ1) is 24.0. The lowest BCUT2D eigenvalue weighted by atomic mass is 10.0. The fraction of sp³-hybridized carbons (Fsp3) is 0.167. The summed E-state index contributed by atoms with van der Waals surface area (Å²) in [4.78, 5) is 36.8. The molecule has 10 nitrogen and oxygen atoms in total. The van der Waals surface area contributed by atoms with Gasteiger partial charge >= 0.3 is 0 Å². The second-order valence-corrected chi connectivity index (χ2v) is 14.9. The second kappa shape index (κ2) is 13.5. The minimum Gasteiger partial charge on any atom is -0.324 e. The molecule has 0 aliphatic carbocycles. The van der Waals surface area contributed by atoms with Crippen LogP contribution in [0, 0.1) is 13.8 Å². The number of aryl methyl sites for hydroxylation is 2. The van der Waals surface area contributed by atoms with Gasteiger partial charge < -0.3 is 5.73 Å². The van der Waals surface area contributed by atoms with E-state index in [1.54, 1.807) is 30.3 Å². The van der Waals surface area contributed by atoms with Crippen molar-refractivity contribution in [2.75, 3.05) is 0 Å². The highest BCUT2D eigenvalue weighted by molar-refractivity contribution is 7.14. The van der Waals surface area contributed by atoms with E-state index in [0.29, 0.717) is 37.4 Å². The number of amides is 2. The Balaban J connectivity index is 0.000000170. The number of fused-ring (bicyclic) bond motifs is 3. The van der Waals surface area contributed by atoms with Gasteiger partial charge in [0.25, 0.3) is 11.8 Å². The van der Waals surface area contributed by atoms with Gasteiger partial charge in [0.15, 0.2) is 10.0 Å². The molecule has 1 aliphatic rings. The SMILES string of the molecule is Cc1nnc(-c2nc3c(Cl)cccc3cc2[C@H](C)N)s1.Cc1nnc(-c2nc3c(Cl)cccc3cc2[C@H](C)N2C(=O)c3ccccc3C2=O)s1. The number of para-hydroxylation sites is 2. The Morgan fingerprint density at radius 3 is 1.56 bits per heavy atom. The number of benzene rings is 3. The maximum absolute atomic E-state index is 13.0. The molecule has 4 aromatic heterocycles. The van der Waals surface area contributed by atoms with E-state index >= 15 is 0 Å². The van der Waals surface area contributed by atoms with E-state index in [4.69, 9.17) is 33.9 Å². The Morgan fingerprint density at radius 2 is 1.12 bits per heavy atom. The summed E-state index contributed by atoms with van der Waals surface area (Å²) in [5, 5.41) is 22.6. The predicted molar refractivity (Wildman–Crippen MR) is 199 cm³/mol. The van der Waals surface area contributed by atoms with Crippen molar-refractivity contribution in [2.45, 2.75) is 39.8 Å². The molecule has 0 saturated heterocycles. The average Bonchev–Trinajstić information content (AvgIpc) is 3.81. The number of halogens is 2. The summed E-state index contributed by atoms with van der Waals surface area (Å²) in [7, 11) is 0. The number of hydrogen-bond donors (Lipinski definition) is 1. The molecule has 5 heterocycles. The fourth-order valence-electron chi connectivity index (χ4n) is 5.85. The third-order valence-corrected chi connectivity index (χ3v) is 10.6. The Morgan fingerprint density at radius 1 is 0.660 bits per heavy atom. The molecule has 250 valence electrons. The minimum absolute atomic E-state index is 0.134. The molecule has 0 saturated carbocycles. The third-order valence-electron chi connectivity index (χ3n) is 8.26. The zero-order chi connectivity index (χ0) is 35.3. The standard InChI is InChI=1S/C22H15ClN4O2S.C14H13ClN4S/c1-11(27-21(28)14-7-3-4-8-15(14)22(27)29)16-10-13-6-5-9-17(23)18(13)24-19(16)20-26-25-12(2)30-20;1-7(16)10-6-9-4-3-5-11(15)12(9)17-13(10)14-19-18-8(2)20-14/h3-11H,1-2H3;3-7H,16H2,1-2H3/t11-;7-/m00/s1. The Hall–Kier alpha value is -4.72. The number of nitrogens with two attached hydrogens (primary N) is 1. The highest BCUT2D eigenvalue weighted by atomic mass is 35.5. The summed E-state index contributed by atoms with van der Waals surface area (Å²) < 4.78 is 0. The summed E-state index contributed by atoms with van der Waals surface area (Å²) in [6.45, 7) is 7.54. The number of hydrogen-bond acceptors (Lipinski definition) is 11. The van der Waals surface area contributed by atoms with Crippen LogP contribution in [0.2, 0.25) is 10.0 Å². The molecular formula is C36H28Cl2N8O2S2. The van der Waals surface area contributed by atoms with E-state index in [1.807, 2.05) is 70.2 Å². The van der Waals surface area contributed by atoms with Crippen LogP contribution in [0.1, 0.15) is 67.8 Å². The Labute approximate surface area is 305 Å². The van der Waals surface area contributed by atoms with Crippen LogP contribution in [-0.2, 0) is 0 Å². The smallest absolute Gasteiger partial charge is 0.262 e. The van der Waals surface area contributed by atoms with Crippen LogP contribution in [0.4, 0.5) is 0 Å². The summed E-state index contributed by atoms with van der Waals surface area (Å²) in [6, 6.07) is 21.4. The molecular weight excluding hydrogens is 711 g/mol. The molecule has 0 fully saturated rings. The van der Waals surface area contributed by atoms with Crippen LogP contribution in [0.25, 0.3) is 43.2 Å². The summed E-state index contributed by atoms with van der Waals surface area (Å²) >= 11 is 15.5. The third kappa shape index (κ3) is 6.14. The molecule has 2 N–H and O–H groups in total. The van der Waals surface area contributed by atoms with Crippen LogP contribution < -0.4 is 5.73 Å². The van der Waals surface area contributed by atoms with Crippen molar-refractivity contribution < 1.29 is 9.59 Å². The zero-order valence-electron chi connectivity index (χ0n) is 27.2. The van der Waals surface area contributed by atoms with Gasteiger partial charge in [-0.15, -0.1) is 20.4 Å². The second-order valence-electron chi connectivity index (χ2n) is 11.7. The highest BCUT2D eigenvalue weighted by Crippen LogP contribution is 2.39. The lowest BCUT2D eigenvalue weighted by Gasteiger charge is -2.24. The van der Waals surface area contributed by atoms with Crippen LogP contribution in [-0.4, -0.2) is 47.1 Å². The van der Waals surface area contributed by atoms with Crippen molar-refractivity contribution in [3.05, 3.63) is 115 Å². The number of rotatable bonds is 5. The molecule has 8 rings (SSSR count). The molecule has 0 bridgehead atoms. The van der Waals surface area contributed by atoms with Crippen LogP contribution in [0.5, 0.6) is 0 Å². The van der Waals surface area contributed by atoms with E-state index in [9.17, 15) is 9.59 Å². The fourth-order valence-corrected chi connectivity index (χ4v) is 7.70. The largest absolute Gasteiger partial charge is 0.324 e. The van der Waals surface area contributed by atoms with Crippen molar-refractivity contribution >= 4 is 79.5 Å². The summed E-state index contributed by atoms with van der Waals surface area (Å²) in [5.41, 5.74) is 11.3. The van der Waals surface area contributed by atoms with Gasteiger partial charge in [-0.05, 0) is 69.7 Å². The van der Waals surface area contributed by atoms with Gasteiger partial charge in [-0.1, -0.05) is 82.3 Å². The first-order valence-corrected chi connectivity index (χ1v) is 17.9. The molecule has 14 heteroatoms. The molecule has 0 spiro atoms. The average molecular weight is 740 g/mol. The van der Waals surface area contributed by atoms with Crippen molar-refractivity contribution in [3.8, 4) is 21.4 Å². The van der Waals surface area contributed by atoms with E-state index in [1.165, 1.54) is 27.6 Å². The topological polar surface area (TPSA) is 141 Å². The van der Waals surface area contributed by atoms with Crippen LogP contribution in [0.3, 0.4) is 0 Å². The number of imide groups is 1. The predicted octanol–water partition coefficient (Wildman–Crippen LogP) is 8.81. The van der Waals surface area contributed by atoms with Crippen molar-refractivity contribution in [2.24, 2.45) is 5.73 Å². The van der Waals surface area contributed by atoms with Gasteiger partial charge in [0.05, 0.1) is 38.2 Å². The molecule has 7 aromatic rings. The number of aromatic nitrogens is 6. The van der Waals surface area contributed by atoms with Gasteiger partial charge in [-0.3, -0.25) is 14.5 Å². The minimum atomic E-state index is -0.549. The lowest BCUT2D eigenvalue weighted by molar-refractivity contribution is 0.0595. The zero-order valence-corrected chi connectivity index (χ0v) is 30.3. The molecule has 3 aromatic carbocycles. The maximum atomic E-state index is 13.0. The van der Waals surface area contributed by atoms with E-state index < -0.39 is 6.04 Å². The summed E-state index contributed by atoms with van der Waals surface area (Å²) in [5.74, 6) is -0.623. The normalized spacial score (nSPS) is 13.8. The first-order valence-electron chi connectivity index (χ1n) is 15.5. The number of nitrogens with zero attached hydrogens (tertiary/aromatic N) is 7. The van der Waals surface area contributed by atoms with Crippen molar-refractivity contribution in [1.29, 1.82) is 0 Å². The van der Waals surface area contributed by atoms with Gasteiger partial charge in [-0.25, -0.2) is 9.97 Å². The van der Waals surface area contributed by atoms with E-state index in [2.05, 4.69) is 25.4 Å². The molecule has 50 heavy (non-hydrogen) atoms. The summed E-state index contributed by atoms with van der Waals surface area (Å²) in [6.07, 6.45) is 0. The molecule has 0 radical (unpaired) electrons. The van der Waals surface area contributed by atoms with Crippen LogP contribution >= 0.6 is 45.9 Å². The molecule has 2 amide bonds. The number of carbonyl (C=O) groups excluding carboxylic acids is 2. The van der Waals surface area contributed by atoms with Gasteiger partial charge in [0.2, 0.25) is 0 Å². The number of carbonyl (C=O) groups is 2. The van der Waals surface area contributed by atoms with Gasteiger partial charge in [0.1, 0.15) is 21.4 Å². The van der Waals surface area contributed by atoms with Crippen molar-refractivity contribution in [3.63, 3.8) is 0 Å². The van der Waals surface area contributed by atoms with E-state index in [-0.39, 0.29) is 17.9 Å². The van der Waals surface area contributed by atoms with E-state index in [0.717, 1.165) is 48.1 Å². The Kier molecular flexibility index (Phi) is 9.14.